The van der Waals surface area contributed by atoms with E-state index in [2.05, 4.69) is 15.1 Å². The molecular weight excluding hydrogens is 307 g/mol. The zero-order valence-corrected chi connectivity index (χ0v) is 13.1. The van der Waals surface area contributed by atoms with Crippen molar-refractivity contribution in [2.75, 3.05) is 11.4 Å². The normalized spacial score (nSPS) is 15.8. The van der Waals surface area contributed by atoms with E-state index in [1.165, 1.54) is 6.33 Å². The molecule has 0 unspecified atom stereocenters. The molecular formula is C15H20F3N5. The lowest BCUT2D eigenvalue weighted by Gasteiger charge is -2.39. The fraction of sp³-hybridized carbons (Fsp3) is 0.667. The van der Waals surface area contributed by atoms with Gasteiger partial charge in [-0.2, -0.15) is 27.8 Å². The molecule has 1 aliphatic carbocycles. The highest BCUT2D eigenvalue weighted by Gasteiger charge is 2.33. The molecule has 2 aromatic rings. The van der Waals surface area contributed by atoms with Gasteiger partial charge in [-0.25, -0.2) is 4.98 Å². The smallest absolute Gasteiger partial charge is 0.353 e. The lowest BCUT2D eigenvalue weighted by molar-refractivity contribution is -0.132. The highest BCUT2D eigenvalue weighted by molar-refractivity contribution is 5.48. The van der Waals surface area contributed by atoms with Gasteiger partial charge in [0, 0.05) is 24.3 Å². The molecule has 1 fully saturated rings. The average molecular weight is 327 g/mol. The number of hydrogen-bond donors (Lipinski definition) is 0. The molecule has 0 aliphatic heterocycles. The zero-order chi connectivity index (χ0) is 16.4. The standard InChI is InChI=1S/C15H20F3N5/c1-2-4-11-9-13(23-14(21-11)19-10-20-23)22(12-5-3-6-12)8-7-15(16,17)18/h9-10,12H,2-8H2,1H3. The van der Waals surface area contributed by atoms with Crippen LogP contribution in [0.4, 0.5) is 19.0 Å². The molecule has 0 radical (unpaired) electrons. The summed E-state index contributed by atoms with van der Waals surface area (Å²) in [5.41, 5.74) is 0.847. The van der Waals surface area contributed by atoms with Gasteiger partial charge < -0.3 is 4.90 Å². The van der Waals surface area contributed by atoms with E-state index in [9.17, 15) is 13.2 Å². The molecule has 23 heavy (non-hydrogen) atoms. The molecule has 0 aromatic carbocycles. The Morgan fingerprint density at radius 3 is 2.74 bits per heavy atom. The minimum atomic E-state index is -4.16. The molecule has 2 aromatic heterocycles. The molecule has 5 nitrogen and oxygen atoms in total. The van der Waals surface area contributed by atoms with Gasteiger partial charge in [0.1, 0.15) is 12.1 Å². The van der Waals surface area contributed by atoms with Crippen LogP contribution in [-0.2, 0) is 6.42 Å². The van der Waals surface area contributed by atoms with E-state index in [1.807, 2.05) is 17.9 Å². The number of aromatic nitrogens is 4. The highest BCUT2D eigenvalue weighted by Crippen LogP contribution is 2.32. The van der Waals surface area contributed by atoms with Crippen molar-refractivity contribution >= 4 is 11.6 Å². The van der Waals surface area contributed by atoms with Gasteiger partial charge in [-0.1, -0.05) is 13.3 Å². The SMILES string of the molecule is CCCc1cc(N(CCC(F)(F)F)C2CCC2)n2ncnc2n1. The van der Waals surface area contributed by atoms with E-state index in [1.54, 1.807) is 4.52 Å². The summed E-state index contributed by atoms with van der Waals surface area (Å²) in [6, 6.07) is 2.00. The largest absolute Gasteiger partial charge is 0.390 e. The van der Waals surface area contributed by atoms with Crippen molar-refractivity contribution in [2.24, 2.45) is 0 Å². The van der Waals surface area contributed by atoms with Gasteiger partial charge in [0.05, 0.1) is 6.42 Å². The summed E-state index contributed by atoms with van der Waals surface area (Å²) in [6.07, 6.45) is 0.981. The summed E-state index contributed by atoms with van der Waals surface area (Å²) in [5, 5.41) is 4.15. The summed E-state index contributed by atoms with van der Waals surface area (Å²) in [6.45, 7) is 1.99. The Hall–Kier alpha value is -1.86. The maximum absolute atomic E-state index is 12.7. The molecule has 1 aliphatic rings. The van der Waals surface area contributed by atoms with Crippen molar-refractivity contribution in [3.05, 3.63) is 18.1 Å². The van der Waals surface area contributed by atoms with Crippen molar-refractivity contribution in [3.63, 3.8) is 0 Å². The number of anilines is 1. The lowest BCUT2D eigenvalue weighted by Crippen LogP contribution is -2.43. The summed E-state index contributed by atoms with van der Waals surface area (Å²) >= 11 is 0. The van der Waals surface area contributed by atoms with E-state index >= 15 is 0 Å². The Morgan fingerprint density at radius 1 is 1.35 bits per heavy atom. The van der Waals surface area contributed by atoms with Crippen LogP contribution >= 0.6 is 0 Å². The maximum atomic E-state index is 12.7. The Bertz CT molecular complexity index is 663. The van der Waals surface area contributed by atoms with Gasteiger partial charge in [0.15, 0.2) is 0 Å². The number of alkyl halides is 3. The Morgan fingerprint density at radius 2 is 2.13 bits per heavy atom. The molecule has 2 heterocycles. The topological polar surface area (TPSA) is 46.3 Å². The number of aryl methyl sites for hydroxylation is 1. The second-order valence-corrected chi connectivity index (χ2v) is 5.97. The zero-order valence-electron chi connectivity index (χ0n) is 13.1. The molecule has 0 atom stereocenters. The minimum absolute atomic E-state index is 0.0568. The van der Waals surface area contributed by atoms with Crippen LogP contribution in [0.25, 0.3) is 5.78 Å². The predicted octanol–water partition coefficient (Wildman–Crippen LogP) is 3.39. The third kappa shape index (κ3) is 3.56. The van der Waals surface area contributed by atoms with Gasteiger partial charge in [-0.05, 0) is 25.7 Å². The van der Waals surface area contributed by atoms with Crippen molar-refractivity contribution < 1.29 is 13.2 Å². The van der Waals surface area contributed by atoms with E-state index in [-0.39, 0.29) is 12.6 Å². The fourth-order valence-corrected chi connectivity index (χ4v) is 2.86. The van der Waals surface area contributed by atoms with Crippen molar-refractivity contribution in [1.82, 2.24) is 19.6 Å². The van der Waals surface area contributed by atoms with E-state index in [4.69, 9.17) is 0 Å². The first-order valence-corrected chi connectivity index (χ1v) is 8.01. The van der Waals surface area contributed by atoms with Crippen LogP contribution in [0, 0.1) is 0 Å². The number of hydrogen-bond acceptors (Lipinski definition) is 4. The predicted molar refractivity (Wildman–Crippen MR) is 80.4 cm³/mol. The van der Waals surface area contributed by atoms with Crippen LogP contribution in [0.3, 0.4) is 0 Å². The Labute approximate surface area is 132 Å². The van der Waals surface area contributed by atoms with Crippen LogP contribution in [-0.4, -0.2) is 38.3 Å². The average Bonchev–Trinajstić information content (AvgIpc) is 2.88. The third-order valence-corrected chi connectivity index (χ3v) is 4.24. The van der Waals surface area contributed by atoms with Crippen molar-refractivity contribution in [1.29, 1.82) is 0 Å². The van der Waals surface area contributed by atoms with Crippen LogP contribution in [0.5, 0.6) is 0 Å². The van der Waals surface area contributed by atoms with Gasteiger partial charge >= 0.3 is 6.18 Å². The first kappa shape index (κ1) is 16.0. The van der Waals surface area contributed by atoms with Crippen molar-refractivity contribution in [3.8, 4) is 0 Å². The molecule has 3 rings (SSSR count). The summed E-state index contributed by atoms with van der Waals surface area (Å²) in [5.74, 6) is 1.12. The number of nitrogens with zero attached hydrogens (tertiary/aromatic N) is 5. The van der Waals surface area contributed by atoms with Gasteiger partial charge in [0.25, 0.3) is 5.78 Å². The Kier molecular flexibility index (Phi) is 4.41. The third-order valence-electron chi connectivity index (χ3n) is 4.24. The molecule has 126 valence electrons. The number of halogens is 3. The molecule has 1 saturated carbocycles. The first-order valence-electron chi connectivity index (χ1n) is 8.01. The Balaban J connectivity index is 1.96. The fourth-order valence-electron chi connectivity index (χ4n) is 2.86. The van der Waals surface area contributed by atoms with Crippen LogP contribution < -0.4 is 4.90 Å². The highest BCUT2D eigenvalue weighted by atomic mass is 19.4. The second-order valence-electron chi connectivity index (χ2n) is 5.97. The van der Waals surface area contributed by atoms with Crippen LogP contribution in [0.2, 0.25) is 0 Å². The van der Waals surface area contributed by atoms with E-state index in [0.29, 0.717) is 11.6 Å². The second kappa shape index (κ2) is 6.33. The molecule has 0 bridgehead atoms. The molecule has 0 spiro atoms. The van der Waals surface area contributed by atoms with Crippen molar-refractivity contribution in [2.45, 2.75) is 57.7 Å². The molecule has 0 amide bonds. The van der Waals surface area contributed by atoms with E-state index in [0.717, 1.165) is 37.8 Å². The number of fused-ring (bicyclic) bond motifs is 1. The van der Waals surface area contributed by atoms with Gasteiger partial charge in [0.2, 0.25) is 0 Å². The van der Waals surface area contributed by atoms with E-state index < -0.39 is 12.6 Å². The summed E-state index contributed by atoms with van der Waals surface area (Å²) in [4.78, 5) is 10.4. The molecule has 0 N–H and O–H groups in total. The number of rotatable bonds is 6. The van der Waals surface area contributed by atoms with Crippen LogP contribution in [0.15, 0.2) is 12.4 Å². The monoisotopic (exact) mass is 327 g/mol. The lowest BCUT2D eigenvalue weighted by atomic mass is 9.91. The molecule has 0 saturated heterocycles. The summed E-state index contributed by atoms with van der Waals surface area (Å²) in [7, 11) is 0. The quantitative estimate of drug-likeness (QED) is 0.816. The van der Waals surface area contributed by atoms with Gasteiger partial charge in [-0.15, -0.1) is 0 Å². The van der Waals surface area contributed by atoms with Crippen LogP contribution in [0.1, 0.15) is 44.7 Å². The van der Waals surface area contributed by atoms with Gasteiger partial charge in [-0.3, -0.25) is 0 Å². The molecule has 8 heteroatoms. The maximum Gasteiger partial charge on any atom is 0.390 e. The minimum Gasteiger partial charge on any atom is -0.353 e. The summed E-state index contributed by atoms with van der Waals surface area (Å²) < 4.78 is 39.6. The first-order chi connectivity index (χ1) is 11.0.